The molecule has 1 amide bonds. The van der Waals surface area contributed by atoms with Crippen LogP contribution in [0.5, 0.6) is 5.75 Å². The fourth-order valence-electron chi connectivity index (χ4n) is 4.20. The molecule has 0 bridgehead atoms. The highest BCUT2D eigenvalue weighted by Crippen LogP contribution is 2.43. The first-order valence-electron chi connectivity index (χ1n) is 10.0. The first-order chi connectivity index (χ1) is 15.6. The summed E-state index contributed by atoms with van der Waals surface area (Å²) >= 11 is 0. The van der Waals surface area contributed by atoms with Crippen LogP contribution in [-0.2, 0) is 6.18 Å². The van der Waals surface area contributed by atoms with Gasteiger partial charge in [-0.2, -0.15) is 13.2 Å². The van der Waals surface area contributed by atoms with Crippen molar-refractivity contribution in [1.82, 2.24) is 0 Å². The molecular weight excluding hydrogens is 435 g/mol. The highest BCUT2D eigenvalue weighted by atomic mass is 19.4. The van der Waals surface area contributed by atoms with Gasteiger partial charge in [-0.05, 0) is 55.0 Å². The van der Waals surface area contributed by atoms with Crippen molar-refractivity contribution in [2.24, 2.45) is 0 Å². The van der Waals surface area contributed by atoms with Crippen molar-refractivity contribution in [2.75, 3.05) is 4.90 Å². The first kappa shape index (κ1) is 20.8. The van der Waals surface area contributed by atoms with Gasteiger partial charge in [0.15, 0.2) is 5.43 Å². The Labute approximate surface area is 185 Å². The van der Waals surface area contributed by atoms with E-state index in [0.29, 0.717) is 5.56 Å². The number of benzene rings is 3. The molecule has 0 aliphatic carbocycles. The Morgan fingerprint density at radius 2 is 1.73 bits per heavy atom. The van der Waals surface area contributed by atoms with E-state index >= 15 is 0 Å². The van der Waals surface area contributed by atoms with E-state index in [9.17, 15) is 27.9 Å². The third-order valence-electron chi connectivity index (χ3n) is 5.66. The lowest BCUT2D eigenvalue weighted by atomic mass is 9.97. The number of aryl methyl sites for hydroxylation is 1. The summed E-state index contributed by atoms with van der Waals surface area (Å²) in [6, 6.07) is 14.1. The molecule has 1 aliphatic rings. The van der Waals surface area contributed by atoms with Gasteiger partial charge in [0.25, 0.3) is 5.91 Å². The lowest BCUT2D eigenvalue weighted by Gasteiger charge is -2.26. The molecule has 33 heavy (non-hydrogen) atoms. The zero-order chi connectivity index (χ0) is 23.5. The van der Waals surface area contributed by atoms with Crippen molar-refractivity contribution in [3.63, 3.8) is 0 Å². The third-order valence-corrected chi connectivity index (χ3v) is 5.66. The summed E-state index contributed by atoms with van der Waals surface area (Å²) < 4.78 is 45.9. The molecule has 4 aromatic rings. The quantitative estimate of drug-likeness (QED) is 0.432. The number of halogens is 3. The molecule has 0 saturated carbocycles. The van der Waals surface area contributed by atoms with Gasteiger partial charge < -0.3 is 9.52 Å². The van der Waals surface area contributed by atoms with E-state index in [-0.39, 0.29) is 33.7 Å². The molecule has 8 heteroatoms. The van der Waals surface area contributed by atoms with Crippen LogP contribution in [-0.4, -0.2) is 11.0 Å². The van der Waals surface area contributed by atoms with E-state index in [1.165, 1.54) is 30.3 Å². The van der Waals surface area contributed by atoms with Gasteiger partial charge in [0.05, 0.1) is 22.6 Å². The Balaban J connectivity index is 1.81. The van der Waals surface area contributed by atoms with Crippen LogP contribution in [0.3, 0.4) is 0 Å². The van der Waals surface area contributed by atoms with Gasteiger partial charge in [-0.15, -0.1) is 0 Å². The second kappa shape index (κ2) is 7.23. The molecule has 5 rings (SSSR count). The number of anilines is 1. The summed E-state index contributed by atoms with van der Waals surface area (Å²) in [6.07, 6.45) is -4.62. The number of carbonyl (C=O) groups is 1. The molecule has 1 unspecified atom stereocenters. The highest BCUT2D eigenvalue weighted by molar-refractivity contribution is 6.10. The molecule has 0 radical (unpaired) electrons. The predicted molar refractivity (Wildman–Crippen MR) is 115 cm³/mol. The number of hydrogen-bond acceptors (Lipinski definition) is 4. The number of nitrogens with zero attached hydrogens (tertiary/aromatic N) is 1. The second-order valence-electron chi connectivity index (χ2n) is 7.89. The molecule has 5 nitrogen and oxygen atoms in total. The van der Waals surface area contributed by atoms with Crippen molar-refractivity contribution in [3.8, 4) is 5.75 Å². The highest BCUT2D eigenvalue weighted by Gasteiger charge is 2.44. The van der Waals surface area contributed by atoms with Crippen LogP contribution in [0.4, 0.5) is 18.9 Å². The van der Waals surface area contributed by atoms with Crippen LogP contribution < -0.4 is 10.3 Å². The van der Waals surface area contributed by atoms with Crippen molar-refractivity contribution in [3.05, 3.63) is 105 Å². The van der Waals surface area contributed by atoms with E-state index in [4.69, 9.17) is 4.42 Å². The molecule has 166 valence electrons. The van der Waals surface area contributed by atoms with Crippen LogP contribution in [0.1, 0.15) is 38.9 Å². The maximum atomic E-state index is 13.5. The van der Waals surface area contributed by atoms with Crippen LogP contribution >= 0.6 is 0 Å². The van der Waals surface area contributed by atoms with E-state index in [0.717, 1.165) is 22.6 Å². The Morgan fingerprint density at radius 1 is 0.970 bits per heavy atom. The van der Waals surface area contributed by atoms with Gasteiger partial charge in [0.2, 0.25) is 5.76 Å². The average molecular weight is 451 g/mol. The molecule has 0 fully saturated rings. The van der Waals surface area contributed by atoms with Crippen molar-refractivity contribution in [2.45, 2.75) is 19.1 Å². The average Bonchev–Trinajstić information content (AvgIpc) is 3.06. The smallest absolute Gasteiger partial charge is 0.416 e. The summed E-state index contributed by atoms with van der Waals surface area (Å²) in [5.41, 5.74) is -0.0419. The van der Waals surface area contributed by atoms with E-state index in [1.807, 2.05) is 0 Å². The molecular formula is C25H16F3NO4. The zero-order valence-electron chi connectivity index (χ0n) is 17.2. The van der Waals surface area contributed by atoms with Crippen LogP contribution in [0.2, 0.25) is 0 Å². The molecule has 1 N–H and O–H groups in total. The number of fused-ring (bicyclic) bond motifs is 2. The lowest BCUT2D eigenvalue weighted by Crippen LogP contribution is -2.29. The molecule has 1 aliphatic heterocycles. The molecule has 2 heterocycles. The Kier molecular flexibility index (Phi) is 4.56. The maximum absolute atomic E-state index is 13.5. The zero-order valence-corrected chi connectivity index (χ0v) is 17.2. The minimum atomic E-state index is -4.62. The monoisotopic (exact) mass is 451 g/mol. The summed E-state index contributed by atoms with van der Waals surface area (Å²) in [6.45, 7) is 1.80. The number of rotatable bonds is 2. The Bertz CT molecular complexity index is 1490. The Hall–Kier alpha value is -4.07. The summed E-state index contributed by atoms with van der Waals surface area (Å²) in [5, 5.41) is 10.3. The number of hydrogen-bond donors (Lipinski definition) is 1. The van der Waals surface area contributed by atoms with Gasteiger partial charge in [-0.3, -0.25) is 14.5 Å². The van der Waals surface area contributed by atoms with Crippen LogP contribution in [0.25, 0.3) is 11.0 Å². The molecule has 0 saturated heterocycles. The predicted octanol–water partition coefficient (Wildman–Crippen LogP) is 5.58. The minimum Gasteiger partial charge on any atom is -0.508 e. The number of phenols is 1. The van der Waals surface area contributed by atoms with Crippen LogP contribution in [0.15, 0.2) is 75.9 Å². The van der Waals surface area contributed by atoms with E-state index < -0.39 is 29.1 Å². The second-order valence-corrected chi connectivity index (χ2v) is 7.89. The minimum absolute atomic E-state index is 0.0149. The van der Waals surface area contributed by atoms with Gasteiger partial charge in [0.1, 0.15) is 11.3 Å². The molecule has 1 atom stereocenters. The van der Waals surface area contributed by atoms with Gasteiger partial charge >= 0.3 is 6.18 Å². The third kappa shape index (κ3) is 3.34. The standard InChI is InChI=1S/C25H16F3NO4/c1-13-8-9-19-18(10-13)22(31)20-21(14-4-2-7-17(30)11-14)29(24(32)23(20)33-19)16-6-3-5-15(12-16)25(26,27)28/h2-12,21,30H,1H3. The van der Waals surface area contributed by atoms with Crippen molar-refractivity contribution < 1.29 is 27.5 Å². The van der Waals surface area contributed by atoms with E-state index in [2.05, 4.69) is 0 Å². The van der Waals surface area contributed by atoms with E-state index in [1.54, 1.807) is 31.2 Å². The maximum Gasteiger partial charge on any atom is 0.416 e. The number of amides is 1. The van der Waals surface area contributed by atoms with Gasteiger partial charge in [-0.25, -0.2) is 0 Å². The fraction of sp³-hybridized carbons (Fsp3) is 0.120. The summed E-state index contributed by atoms with van der Waals surface area (Å²) in [5.74, 6) is -1.09. The molecule has 3 aromatic carbocycles. The largest absolute Gasteiger partial charge is 0.508 e. The summed E-state index contributed by atoms with van der Waals surface area (Å²) in [7, 11) is 0. The molecule has 0 spiro atoms. The fourth-order valence-corrected chi connectivity index (χ4v) is 4.20. The molecule has 1 aromatic heterocycles. The Morgan fingerprint density at radius 3 is 2.45 bits per heavy atom. The first-order valence-corrected chi connectivity index (χ1v) is 10.0. The van der Waals surface area contributed by atoms with Gasteiger partial charge in [0, 0.05) is 5.69 Å². The lowest BCUT2D eigenvalue weighted by molar-refractivity contribution is -0.137. The number of carbonyl (C=O) groups excluding carboxylic acids is 1. The van der Waals surface area contributed by atoms with Gasteiger partial charge in [-0.1, -0.05) is 29.8 Å². The number of phenolic OH excluding ortho intramolecular Hbond substituents is 1. The van der Waals surface area contributed by atoms with Crippen molar-refractivity contribution >= 4 is 22.6 Å². The topological polar surface area (TPSA) is 70.8 Å². The number of aromatic hydroxyl groups is 1. The normalized spacial score (nSPS) is 15.8. The van der Waals surface area contributed by atoms with Crippen LogP contribution in [0, 0.1) is 6.92 Å². The van der Waals surface area contributed by atoms with Crippen molar-refractivity contribution in [1.29, 1.82) is 0 Å². The SMILES string of the molecule is Cc1ccc2oc3c(c(=O)c2c1)C(c1cccc(O)c1)N(c1cccc(C(F)(F)F)c1)C3=O. The summed E-state index contributed by atoms with van der Waals surface area (Å²) in [4.78, 5) is 28.1. The number of alkyl halides is 3.